The average molecular weight is 276 g/mol. The maximum atomic E-state index is 12.4. The van der Waals surface area contributed by atoms with Crippen LogP contribution in [0.5, 0.6) is 0 Å². The summed E-state index contributed by atoms with van der Waals surface area (Å²) in [6, 6.07) is 0. The van der Waals surface area contributed by atoms with Crippen molar-refractivity contribution in [1.82, 2.24) is 9.97 Å². The van der Waals surface area contributed by atoms with Crippen LogP contribution in [0.2, 0.25) is 0 Å². The Morgan fingerprint density at radius 3 is 1.74 bits per heavy atom. The summed E-state index contributed by atoms with van der Waals surface area (Å²) in [5.41, 5.74) is 0.357. The first-order chi connectivity index (χ1) is 8.70. The van der Waals surface area contributed by atoms with Crippen LogP contribution in [0.15, 0.2) is 12.4 Å². The summed E-state index contributed by atoms with van der Waals surface area (Å²) < 4.78 is 48.0. The second-order valence-electron chi connectivity index (χ2n) is 4.54. The predicted molar refractivity (Wildman–Crippen MR) is 64.9 cm³/mol. The lowest BCUT2D eigenvalue weighted by molar-refractivity contribution is -0.144. The summed E-state index contributed by atoms with van der Waals surface area (Å²) in [6.07, 6.45) is -2.67. The summed E-state index contributed by atoms with van der Waals surface area (Å²) in [5.74, 6) is -1.18. The topological polar surface area (TPSA) is 44.2 Å². The fraction of sp³-hybridized carbons (Fsp3) is 0.636. The number of rotatable bonds is 5. The second-order valence-corrected chi connectivity index (χ2v) is 4.54. The molecule has 8 heteroatoms. The Kier molecular flexibility index (Phi) is 5.31. The van der Waals surface area contributed by atoms with Crippen LogP contribution in [0.4, 0.5) is 13.2 Å². The van der Waals surface area contributed by atoms with Crippen LogP contribution in [-0.4, -0.2) is 29.3 Å². The summed E-state index contributed by atoms with van der Waals surface area (Å²) >= 11 is 0. The van der Waals surface area contributed by atoms with Crippen molar-refractivity contribution in [3.8, 4) is 0 Å². The Morgan fingerprint density at radius 1 is 1.00 bits per heavy atom. The maximum absolute atomic E-state index is 12.4. The molecular weight excluding hydrogens is 260 g/mol. The minimum Gasteiger partial charge on any atom is -0.405 e. The first-order valence-electron chi connectivity index (χ1n) is 5.90. The molecule has 0 atom stereocenters. The smallest absolute Gasteiger partial charge is 0.405 e. The Balaban J connectivity index is 2.90. The molecule has 19 heavy (non-hydrogen) atoms. The molecule has 0 saturated heterocycles. The van der Waals surface area contributed by atoms with Gasteiger partial charge in [-0.15, -0.1) is 0 Å². The van der Waals surface area contributed by atoms with Crippen LogP contribution in [0.1, 0.15) is 33.5 Å². The van der Waals surface area contributed by atoms with Gasteiger partial charge in [-0.05, 0) is 27.7 Å². The van der Waals surface area contributed by atoms with Crippen LogP contribution >= 0.6 is 0 Å². The van der Waals surface area contributed by atoms with E-state index in [2.05, 4.69) is 9.97 Å². The molecule has 1 heterocycles. The van der Waals surface area contributed by atoms with Gasteiger partial charge < -0.3 is 9.31 Å². The van der Waals surface area contributed by atoms with E-state index in [0.717, 1.165) is 12.4 Å². The van der Waals surface area contributed by atoms with E-state index in [9.17, 15) is 13.2 Å². The molecule has 0 bridgehead atoms. The van der Waals surface area contributed by atoms with E-state index < -0.39 is 19.1 Å². The Hall–Kier alpha value is -1.15. The molecule has 1 aromatic rings. The zero-order chi connectivity index (χ0) is 14.6. The molecule has 1 rings (SSSR count). The third-order valence-electron chi connectivity index (χ3n) is 1.99. The molecule has 0 amide bonds. The molecule has 1 aromatic heterocycles. The van der Waals surface area contributed by atoms with Crippen LogP contribution < -0.4 is 5.46 Å². The first-order valence-corrected chi connectivity index (χ1v) is 5.90. The first kappa shape index (κ1) is 15.9. The molecule has 0 spiro atoms. The van der Waals surface area contributed by atoms with Gasteiger partial charge in [0.05, 0.1) is 0 Å². The van der Waals surface area contributed by atoms with Crippen molar-refractivity contribution in [2.75, 3.05) is 0 Å². The molecule has 0 aliphatic carbocycles. The highest BCUT2D eigenvalue weighted by molar-refractivity contribution is 6.61. The second kappa shape index (κ2) is 6.34. The number of nitrogens with zero attached hydrogens (tertiary/aromatic N) is 2. The average Bonchev–Trinajstić information content (AvgIpc) is 2.26. The molecule has 0 aromatic carbocycles. The van der Waals surface area contributed by atoms with Crippen molar-refractivity contribution in [2.24, 2.45) is 0 Å². The summed E-state index contributed by atoms with van der Waals surface area (Å²) in [7, 11) is -0.776. The van der Waals surface area contributed by atoms with E-state index in [-0.39, 0.29) is 12.2 Å². The normalized spacial score (nSPS) is 12.3. The molecule has 0 saturated carbocycles. The van der Waals surface area contributed by atoms with Gasteiger partial charge in [-0.3, -0.25) is 0 Å². The van der Waals surface area contributed by atoms with Crippen LogP contribution in [0.25, 0.3) is 0 Å². The minimum absolute atomic E-state index is 0.133. The molecule has 4 nitrogen and oxygen atoms in total. The zero-order valence-corrected chi connectivity index (χ0v) is 11.2. The van der Waals surface area contributed by atoms with Gasteiger partial charge in [0.1, 0.15) is 0 Å². The summed E-state index contributed by atoms with van der Waals surface area (Å²) in [4.78, 5) is 6.58. The Labute approximate surface area is 110 Å². The van der Waals surface area contributed by atoms with Crippen molar-refractivity contribution < 1.29 is 22.5 Å². The van der Waals surface area contributed by atoms with Gasteiger partial charge in [-0.2, -0.15) is 13.2 Å². The van der Waals surface area contributed by atoms with Gasteiger partial charge in [0.25, 0.3) is 0 Å². The Morgan fingerprint density at radius 2 is 1.42 bits per heavy atom. The van der Waals surface area contributed by atoms with E-state index in [1.807, 2.05) is 27.7 Å². The lowest BCUT2D eigenvalue weighted by atomic mass is 9.80. The lowest BCUT2D eigenvalue weighted by Gasteiger charge is -2.19. The monoisotopic (exact) mass is 276 g/mol. The molecule has 0 aliphatic rings. The molecule has 0 N–H and O–H groups in total. The lowest BCUT2D eigenvalue weighted by Crippen LogP contribution is -2.41. The van der Waals surface area contributed by atoms with Crippen molar-refractivity contribution in [3.05, 3.63) is 18.2 Å². The number of hydrogen-bond acceptors (Lipinski definition) is 4. The van der Waals surface area contributed by atoms with Crippen molar-refractivity contribution in [1.29, 1.82) is 0 Å². The highest BCUT2D eigenvalue weighted by atomic mass is 19.4. The number of hydrogen-bond donors (Lipinski definition) is 0. The van der Waals surface area contributed by atoms with Gasteiger partial charge in [-0.1, -0.05) is 0 Å². The number of aromatic nitrogens is 2. The molecular formula is C11H16BF3N2O2. The SMILES string of the molecule is CC(C)OB(OC(C)C)c1cnc(C(F)(F)F)nc1. The van der Waals surface area contributed by atoms with Gasteiger partial charge in [0.2, 0.25) is 5.82 Å². The maximum Gasteiger partial charge on any atom is 0.497 e. The Bertz CT molecular complexity index is 386. The summed E-state index contributed by atoms with van der Waals surface area (Å²) in [5, 5.41) is 0. The van der Waals surface area contributed by atoms with E-state index >= 15 is 0 Å². The van der Waals surface area contributed by atoms with E-state index in [4.69, 9.17) is 9.31 Å². The molecule has 0 unspecified atom stereocenters. The standard InChI is InChI=1S/C11H16BF3N2O2/c1-7(2)18-12(19-8(3)4)9-5-16-10(17-6-9)11(13,14)15/h5-8H,1-4H3. The van der Waals surface area contributed by atoms with Gasteiger partial charge >= 0.3 is 13.3 Å². The van der Waals surface area contributed by atoms with Crippen molar-refractivity contribution in [3.63, 3.8) is 0 Å². The van der Waals surface area contributed by atoms with Gasteiger partial charge in [0, 0.05) is 30.1 Å². The largest absolute Gasteiger partial charge is 0.497 e. The fourth-order valence-corrected chi connectivity index (χ4v) is 1.29. The van der Waals surface area contributed by atoms with Gasteiger partial charge in [-0.25, -0.2) is 9.97 Å². The number of halogens is 3. The predicted octanol–water partition coefficient (Wildman–Crippen LogP) is 2.04. The van der Waals surface area contributed by atoms with Crippen LogP contribution in [-0.2, 0) is 15.5 Å². The molecule has 0 radical (unpaired) electrons. The minimum atomic E-state index is -4.55. The van der Waals surface area contributed by atoms with Crippen LogP contribution in [0.3, 0.4) is 0 Å². The van der Waals surface area contributed by atoms with E-state index in [0.29, 0.717) is 5.46 Å². The fourth-order valence-electron chi connectivity index (χ4n) is 1.29. The van der Waals surface area contributed by atoms with E-state index in [1.165, 1.54) is 0 Å². The molecule has 106 valence electrons. The van der Waals surface area contributed by atoms with Crippen molar-refractivity contribution in [2.45, 2.75) is 46.1 Å². The van der Waals surface area contributed by atoms with Crippen LogP contribution in [0, 0.1) is 0 Å². The van der Waals surface area contributed by atoms with Crippen molar-refractivity contribution >= 4 is 12.6 Å². The van der Waals surface area contributed by atoms with E-state index in [1.54, 1.807) is 0 Å². The highest BCUT2D eigenvalue weighted by Crippen LogP contribution is 2.24. The zero-order valence-electron chi connectivity index (χ0n) is 11.2. The molecule has 0 aliphatic heterocycles. The summed E-state index contributed by atoms with van der Waals surface area (Å²) in [6.45, 7) is 7.23. The quantitative estimate of drug-likeness (QED) is 0.772. The molecule has 0 fully saturated rings. The third kappa shape index (κ3) is 5.16. The van der Waals surface area contributed by atoms with Gasteiger partial charge in [0.15, 0.2) is 0 Å². The third-order valence-corrected chi connectivity index (χ3v) is 1.99. The number of alkyl halides is 3. The highest BCUT2D eigenvalue weighted by Gasteiger charge is 2.35.